The van der Waals surface area contributed by atoms with E-state index in [1.807, 2.05) is 11.8 Å². The zero-order valence-electron chi connectivity index (χ0n) is 16.7. The molecule has 2 heterocycles. The number of carbonyl (C=O) groups is 2. The summed E-state index contributed by atoms with van der Waals surface area (Å²) in [6.45, 7) is 11.5. The second-order valence-corrected chi connectivity index (χ2v) is 8.80. The molecule has 0 aliphatic carbocycles. The molecule has 0 bridgehead atoms. The molecule has 2 aliphatic rings. The number of aryl methyl sites for hydroxylation is 1. The van der Waals surface area contributed by atoms with E-state index in [-0.39, 0.29) is 22.4 Å². The van der Waals surface area contributed by atoms with Crippen LogP contribution >= 0.6 is 11.8 Å². The maximum absolute atomic E-state index is 12.9. The average molecular weight is 391 g/mol. The van der Waals surface area contributed by atoms with Crippen molar-refractivity contribution >= 4 is 23.6 Å². The minimum atomic E-state index is 0.0728. The molecule has 2 amide bonds. The summed E-state index contributed by atoms with van der Waals surface area (Å²) < 4.78 is 0. The van der Waals surface area contributed by atoms with E-state index >= 15 is 0 Å². The third-order valence-electron chi connectivity index (χ3n) is 5.79. The molecule has 5 nitrogen and oxygen atoms in total. The van der Waals surface area contributed by atoms with Gasteiger partial charge in [0.15, 0.2) is 0 Å². The van der Waals surface area contributed by atoms with Gasteiger partial charge in [0.25, 0.3) is 0 Å². The van der Waals surface area contributed by atoms with E-state index in [2.05, 4.69) is 43.0 Å². The molecule has 2 fully saturated rings. The van der Waals surface area contributed by atoms with Gasteiger partial charge in [0.1, 0.15) is 5.37 Å². The highest BCUT2D eigenvalue weighted by atomic mass is 32.2. The van der Waals surface area contributed by atoms with Crippen molar-refractivity contribution in [3.63, 3.8) is 0 Å². The van der Waals surface area contributed by atoms with Crippen molar-refractivity contribution in [1.29, 1.82) is 0 Å². The molecule has 2 saturated heterocycles. The van der Waals surface area contributed by atoms with Crippen LogP contribution in [0.5, 0.6) is 0 Å². The van der Waals surface area contributed by atoms with E-state index in [9.17, 15) is 9.59 Å². The number of thioether (sulfide) groups is 1. The molecule has 0 radical (unpaired) electrons. The number of piperazine rings is 1. The molecule has 6 heteroatoms. The van der Waals surface area contributed by atoms with E-state index in [0.29, 0.717) is 6.42 Å². The lowest BCUT2D eigenvalue weighted by atomic mass is 10.1. The molecule has 27 heavy (non-hydrogen) atoms. The Hall–Kier alpha value is -1.53. The summed E-state index contributed by atoms with van der Waals surface area (Å²) >= 11 is 1.80. The molecular weight excluding hydrogens is 358 g/mol. The third-order valence-corrected chi connectivity index (χ3v) is 7.42. The van der Waals surface area contributed by atoms with Gasteiger partial charge in [-0.05, 0) is 24.5 Å². The first-order valence-corrected chi connectivity index (χ1v) is 11.1. The van der Waals surface area contributed by atoms with Gasteiger partial charge in [-0.25, -0.2) is 0 Å². The van der Waals surface area contributed by atoms with Crippen molar-refractivity contribution in [3.05, 3.63) is 35.4 Å². The minimum absolute atomic E-state index is 0.0728. The standard InChI is InChI=1S/C21H31N3O2S/c1-4-18-20(26)24(21(27-18)17-9-7-6-8-16(17)3)15-12-22-10-13-23(14-11-22)19(25)5-2/h6-9,18,21H,4-5,10-15H2,1-3H3/p+1/t18-,21+/m0/s1. The van der Waals surface area contributed by atoms with Crippen LogP contribution in [0.4, 0.5) is 0 Å². The smallest absolute Gasteiger partial charge is 0.237 e. The lowest BCUT2D eigenvalue weighted by Gasteiger charge is -2.33. The van der Waals surface area contributed by atoms with Crippen molar-refractivity contribution in [2.24, 2.45) is 0 Å². The van der Waals surface area contributed by atoms with Gasteiger partial charge in [-0.15, -0.1) is 11.8 Å². The number of rotatable bonds is 6. The monoisotopic (exact) mass is 390 g/mol. The molecular formula is C21H32N3O2S+. The van der Waals surface area contributed by atoms with Crippen molar-refractivity contribution in [3.8, 4) is 0 Å². The first-order valence-electron chi connectivity index (χ1n) is 10.2. The molecule has 1 aromatic rings. The first-order chi connectivity index (χ1) is 13.0. The number of nitrogens with zero attached hydrogens (tertiary/aromatic N) is 2. The van der Waals surface area contributed by atoms with Gasteiger partial charge >= 0.3 is 0 Å². The summed E-state index contributed by atoms with van der Waals surface area (Å²) in [5, 5.41) is 0.203. The Morgan fingerprint density at radius 1 is 1.22 bits per heavy atom. The summed E-state index contributed by atoms with van der Waals surface area (Å²) in [6, 6.07) is 8.42. The maximum Gasteiger partial charge on any atom is 0.237 e. The van der Waals surface area contributed by atoms with Gasteiger partial charge < -0.3 is 14.7 Å². The Bertz CT molecular complexity index is 673. The summed E-state index contributed by atoms with van der Waals surface area (Å²) in [4.78, 5) is 30.3. The molecule has 3 rings (SSSR count). The van der Waals surface area contributed by atoms with Crippen LogP contribution in [0.25, 0.3) is 0 Å². The molecule has 0 aromatic heterocycles. The number of hydrogen-bond donors (Lipinski definition) is 1. The quantitative estimate of drug-likeness (QED) is 0.800. The highest BCUT2D eigenvalue weighted by molar-refractivity contribution is 8.01. The zero-order valence-corrected chi connectivity index (χ0v) is 17.6. The van der Waals surface area contributed by atoms with Crippen LogP contribution in [0.15, 0.2) is 24.3 Å². The Morgan fingerprint density at radius 2 is 1.93 bits per heavy atom. The molecule has 1 aromatic carbocycles. The second-order valence-electron chi connectivity index (χ2n) is 7.51. The Labute approximate surface area is 167 Å². The minimum Gasteiger partial charge on any atom is -0.331 e. The van der Waals surface area contributed by atoms with Gasteiger partial charge in [-0.1, -0.05) is 38.1 Å². The lowest BCUT2D eigenvalue weighted by Crippen LogP contribution is -3.15. The highest BCUT2D eigenvalue weighted by Gasteiger charge is 2.40. The number of carbonyl (C=O) groups excluding carboxylic acids is 2. The fourth-order valence-electron chi connectivity index (χ4n) is 4.02. The number of amides is 2. The van der Waals surface area contributed by atoms with Gasteiger partial charge in [-0.3, -0.25) is 9.59 Å². The van der Waals surface area contributed by atoms with Crippen LogP contribution in [0.1, 0.15) is 43.2 Å². The Morgan fingerprint density at radius 3 is 2.56 bits per heavy atom. The number of hydrogen-bond acceptors (Lipinski definition) is 3. The molecule has 0 spiro atoms. The van der Waals surface area contributed by atoms with Gasteiger partial charge in [0.05, 0.1) is 44.5 Å². The van der Waals surface area contributed by atoms with Crippen LogP contribution in [0, 0.1) is 6.92 Å². The van der Waals surface area contributed by atoms with Crippen LogP contribution in [0.2, 0.25) is 0 Å². The predicted molar refractivity (Wildman–Crippen MR) is 110 cm³/mol. The number of quaternary nitrogens is 1. The summed E-state index contributed by atoms with van der Waals surface area (Å²) in [7, 11) is 0. The largest absolute Gasteiger partial charge is 0.331 e. The summed E-state index contributed by atoms with van der Waals surface area (Å²) in [5.41, 5.74) is 2.52. The van der Waals surface area contributed by atoms with Crippen LogP contribution < -0.4 is 4.90 Å². The fourth-order valence-corrected chi connectivity index (χ4v) is 5.54. The van der Waals surface area contributed by atoms with Crippen LogP contribution in [0.3, 0.4) is 0 Å². The van der Waals surface area contributed by atoms with Gasteiger partial charge in [0.2, 0.25) is 11.8 Å². The van der Waals surface area contributed by atoms with E-state index in [0.717, 1.165) is 45.7 Å². The first kappa shape index (κ1) is 20.2. The Kier molecular flexibility index (Phi) is 6.82. The second kappa shape index (κ2) is 9.11. The van der Waals surface area contributed by atoms with Gasteiger partial charge in [-0.2, -0.15) is 0 Å². The molecule has 148 valence electrons. The molecule has 1 N–H and O–H groups in total. The van der Waals surface area contributed by atoms with Crippen LogP contribution in [-0.2, 0) is 9.59 Å². The molecule has 2 atom stereocenters. The predicted octanol–water partition coefficient (Wildman–Crippen LogP) is 1.48. The zero-order chi connectivity index (χ0) is 19.4. The topological polar surface area (TPSA) is 45.1 Å². The maximum atomic E-state index is 12.9. The van der Waals surface area contributed by atoms with E-state index in [4.69, 9.17) is 0 Å². The van der Waals surface area contributed by atoms with Crippen molar-refractivity contribution < 1.29 is 14.5 Å². The van der Waals surface area contributed by atoms with Crippen LogP contribution in [-0.4, -0.2) is 66.1 Å². The molecule has 0 unspecified atom stereocenters. The number of nitrogens with one attached hydrogen (secondary N) is 1. The van der Waals surface area contributed by atoms with Gasteiger partial charge in [0, 0.05) is 6.42 Å². The Balaban J connectivity index is 1.63. The number of benzene rings is 1. The molecule has 0 saturated carbocycles. The SMILES string of the molecule is CCC(=O)N1CC[NH+](CCN2C(=O)[C@H](CC)S[C@@H]2c2ccccc2C)CC1. The third kappa shape index (κ3) is 4.49. The van der Waals surface area contributed by atoms with Crippen molar-refractivity contribution in [1.82, 2.24) is 9.80 Å². The lowest BCUT2D eigenvalue weighted by molar-refractivity contribution is -0.903. The van der Waals surface area contributed by atoms with E-state index in [1.165, 1.54) is 16.0 Å². The normalized spacial score (nSPS) is 23.9. The summed E-state index contributed by atoms with van der Waals surface area (Å²) in [6.07, 6.45) is 1.47. The van der Waals surface area contributed by atoms with E-state index in [1.54, 1.807) is 11.8 Å². The summed E-state index contributed by atoms with van der Waals surface area (Å²) in [5.74, 6) is 0.542. The fraction of sp³-hybridized carbons (Fsp3) is 0.619. The van der Waals surface area contributed by atoms with Crippen molar-refractivity contribution in [2.75, 3.05) is 39.3 Å². The molecule has 2 aliphatic heterocycles. The highest BCUT2D eigenvalue weighted by Crippen LogP contribution is 2.44. The van der Waals surface area contributed by atoms with Crippen molar-refractivity contribution in [2.45, 2.75) is 44.2 Å². The average Bonchev–Trinajstić information content (AvgIpc) is 3.02. The van der Waals surface area contributed by atoms with E-state index < -0.39 is 0 Å².